The monoisotopic (exact) mass is 400 g/mol. The van der Waals surface area contributed by atoms with Crippen LogP contribution < -0.4 is 0 Å². The smallest absolute Gasteiger partial charge is 0.0264 e. The van der Waals surface area contributed by atoms with Gasteiger partial charge in [-0.25, -0.2) is 0 Å². The summed E-state index contributed by atoms with van der Waals surface area (Å²) in [4.78, 5) is 0. The number of unbranched alkanes of at least 4 members (excludes halogenated alkanes) is 2. The van der Waals surface area contributed by atoms with Gasteiger partial charge in [-0.05, 0) is 109 Å². The summed E-state index contributed by atoms with van der Waals surface area (Å²) in [7, 11) is 0. The Morgan fingerprint density at radius 3 is 2.17 bits per heavy atom. The van der Waals surface area contributed by atoms with Crippen LogP contribution in [-0.4, -0.2) is 0 Å². The van der Waals surface area contributed by atoms with Crippen molar-refractivity contribution in [3.05, 3.63) is 0 Å². The molecule has 0 heteroatoms. The van der Waals surface area contributed by atoms with Gasteiger partial charge in [-0.1, -0.05) is 74.1 Å². The first kappa shape index (κ1) is 22.2. The Hall–Kier alpha value is 0. The molecule has 4 aliphatic rings. The average molecular weight is 401 g/mol. The lowest BCUT2D eigenvalue weighted by Gasteiger charge is -2.64. The van der Waals surface area contributed by atoms with Crippen LogP contribution in [0, 0.1) is 57.7 Å². The molecule has 0 aliphatic heterocycles. The predicted molar refractivity (Wildman–Crippen MR) is 127 cm³/mol. The van der Waals surface area contributed by atoms with Crippen LogP contribution in [0.4, 0.5) is 0 Å². The summed E-state index contributed by atoms with van der Waals surface area (Å²) >= 11 is 0. The molecule has 29 heavy (non-hydrogen) atoms. The van der Waals surface area contributed by atoms with Crippen LogP contribution in [0.25, 0.3) is 0 Å². The van der Waals surface area contributed by atoms with Crippen molar-refractivity contribution in [3.8, 4) is 0 Å². The highest BCUT2D eigenvalue weighted by Crippen LogP contribution is 2.70. The van der Waals surface area contributed by atoms with Crippen molar-refractivity contribution in [2.45, 2.75) is 126 Å². The Bertz CT molecular complexity index is 575. The Morgan fingerprint density at radius 1 is 0.759 bits per heavy atom. The van der Waals surface area contributed by atoms with Gasteiger partial charge in [-0.15, -0.1) is 0 Å². The fourth-order valence-corrected chi connectivity index (χ4v) is 9.93. The van der Waals surface area contributed by atoms with Gasteiger partial charge in [0.25, 0.3) is 0 Å². The molecule has 0 heterocycles. The van der Waals surface area contributed by atoms with Crippen molar-refractivity contribution in [1.29, 1.82) is 0 Å². The summed E-state index contributed by atoms with van der Waals surface area (Å²) in [6, 6.07) is 0. The van der Waals surface area contributed by atoms with Crippen molar-refractivity contribution in [1.82, 2.24) is 0 Å². The maximum atomic E-state index is 2.75. The first-order valence-corrected chi connectivity index (χ1v) is 13.6. The summed E-state index contributed by atoms with van der Waals surface area (Å²) < 4.78 is 0. The second kappa shape index (κ2) is 7.85. The molecule has 0 aromatic heterocycles. The molecule has 9 unspecified atom stereocenters. The van der Waals surface area contributed by atoms with Gasteiger partial charge in [-0.2, -0.15) is 0 Å². The first-order chi connectivity index (χ1) is 13.6. The van der Waals surface area contributed by atoms with E-state index in [2.05, 4.69) is 48.5 Å². The zero-order valence-corrected chi connectivity index (χ0v) is 21.0. The zero-order chi connectivity index (χ0) is 21.0. The maximum Gasteiger partial charge on any atom is -0.0264 e. The van der Waals surface area contributed by atoms with E-state index in [1.54, 1.807) is 32.1 Å². The molecule has 0 aromatic rings. The van der Waals surface area contributed by atoms with Crippen LogP contribution >= 0.6 is 0 Å². The second-order valence-electron chi connectivity index (χ2n) is 13.5. The van der Waals surface area contributed by atoms with E-state index in [0.29, 0.717) is 16.2 Å². The fraction of sp³-hybridized carbons (Fsp3) is 1.00. The van der Waals surface area contributed by atoms with Gasteiger partial charge in [0.1, 0.15) is 0 Å². The minimum atomic E-state index is 0.562. The van der Waals surface area contributed by atoms with Crippen molar-refractivity contribution in [2.24, 2.45) is 57.7 Å². The lowest BCUT2D eigenvalue weighted by atomic mass is 9.41. The van der Waals surface area contributed by atoms with Crippen LogP contribution in [0.5, 0.6) is 0 Å². The Labute approximate surface area is 183 Å². The third-order valence-electron chi connectivity index (χ3n) is 12.1. The van der Waals surface area contributed by atoms with Crippen LogP contribution in [0.15, 0.2) is 0 Å². The lowest BCUT2D eigenvalue weighted by molar-refractivity contribution is -0.150. The largest absolute Gasteiger partial charge is 0.0654 e. The predicted octanol–water partition coefficient (Wildman–Crippen LogP) is 9.13. The fourth-order valence-electron chi connectivity index (χ4n) is 9.93. The van der Waals surface area contributed by atoms with Gasteiger partial charge in [0.15, 0.2) is 0 Å². The molecular formula is C29H52. The number of fused-ring (bicyclic) bond motifs is 5. The van der Waals surface area contributed by atoms with Gasteiger partial charge in [0, 0.05) is 0 Å². The van der Waals surface area contributed by atoms with Crippen molar-refractivity contribution >= 4 is 0 Å². The number of hydrogen-bond acceptors (Lipinski definition) is 0. The molecule has 0 amide bonds. The minimum Gasteiger partial charge on any atom is -0.0654 e. The molecule has 0 saturated heterocycles. The second-order valence-corrected chi connectivity index (χ2v) is 13.5. The molecule has 4 fully saturated rings. The van der Waals surface area contributed by atoms with Gasteiger partial charge in [0.05, 0.1) is 0 Å². The number of rotatable bonds is 5. The van der Waals surface area contributed by atoms with Crippen molar-refractivity contribution in [3.63, 3.8) is 0 Å². The molecular weight excluding hydrogens is 348 g/mol. The van der Waals surface area contributed by atoms with Crippen molar-refractivity contribution < 1.29 is 0 Å². The normalized spacial score (nSPS) is 49.8. The van der Waals surface area contributed by atoms with Crippen LogP contribution in [0.3, 0.4) is 0 Å². The van der Waals surface area contributed by atoms with E-state index in [1.165, 1.54) is 44.9 Å². The van der Waals surface area contributed by atoms with E-state index < -0.39 is 0 Å². The van der Waals surface area contributed by atoms with Gasteiger partial charge in [0.2, 0.25) is 0 Å². The summed E-state index contributed by atoms with van der Waals surface area (Å²) in [6.45, 7) is 18.2. The average Bonchev–Trinajstić information content (AvgIpc) is 3.03. The van der Waals surface area contributed by atoms with Crippen molar-refractivity contribution in [2.75, 3.05) is 0 Å². The summed E-state index contributed by atoms with van der Waals surface area (Å²) in [5, 5.41) is 0. The summed E-state index contributed by atoms with van der Waals surface area (Å²) in [5.41, 5.74) is 1.87. The highest BCUT2D eigenvalue weighted by atomic mass is 14.7. The summed E-state index contributed by atoms with van der Waals surface area (Å²) in [6.07, 6.45) is 18.0. The third-order valence-corrected chi connectivity index (χ3v) is 12.1. The molecule has 0 bridgehead atoms. The molecule has 0 nitrogen and oxygen atoms in total. The third kappa shape index (κ3) is 3.46. The molecule has 4 rings (SSSR count). The molecule has 0 spiro atoms. The Morgan fingerprint density at radius 2 is 1.45 bits per heavy atom. The van der Waals surface area contributed by atoms with Crippen LogP contribution in [0.1, 0.15) is 126 Å². The molecule has 0 aromatic carbocycles. The Kier molecular flexibility index (Phi) is 6.01. The Balaban J connectivity index is 1.51. The quantitative estimate of drug-likeness (QED) is 0.403. The van der Waals surface area contributed by atoms with E-state index in [1.807, 2.05) is 0 Å². The van der Waals surface area contributed by atoms with E-state index in [0.717, 1.165) is 41.4 Å². The molecule has 0 N–H and O–H groups in total. The highest BCUT2D eigenvalue weighted by Gasteiger charge is 2.62. The zero-order valence-electron chi connectivity index (χ0n) is 21.0. The van der Waals surface area contributed by atoms with Gasteiger partial charge in [-0.3, -0.25) is 0 Å². The van der Waals surface area contributed by atoms with E-state index >= 15 is 0 Å². The molecule has 168 valence electrons. The van der Waals surface area contributed by atoms with E-state index in [9.17, 15) is 0 Å². The number of hydrogen-bond donors (Lipinski definition) is 0. The summed E-state index contributed by atoms with van der Waals surface area (Å²) in [5.74, 6) is 6.99. The van der Waals surface area contributed by atoms with E-state index in [-0.39, 0.29) is 0 Å². The maximum absolute atomic E-state index is 2.75. The SMILES string of the molecule is CCCCCC(C)C1CCC2C3CCC4C(C)C(C)(C)CCC4(C)C3CCC12C. The topological polar surface area (TPSA) is 0 Å². The molecule has 0 radical (unpaired) electrons. The molecule has 4 aliphatic carbocycles. The molecule has 9 atom stereocenters. The van der Waals surface area contributed by atoms with E-state index in [4.69, 9.17) is 0 Å². The standard InChI is InChI=1S/C29H52/c1-8-9-10-11-20(2)23-14-15-25-22-12-13-24-21(3)27(4,5)18-19-29(24,7)26(22)16-17-28(23,25)6/h20-26H,8-19H2,1-7H3. The van der Waals surface area contributed by atoms with Gasteiger partial charge < -0.3 is 0 Å². The lowest BCUT2D eigenvalue weighted by Crippen LogP contribution is -2.56. The van der Waals surface area contributed by atoms with Crippen LogP contribution in [-0.2, 0) is 0 Å². The highest BCUT2D eigenvalue weighted by molar-refractivity contribution is 5.11. The first-order valence-electron chi connectivity index (χ1n) is 13.6. The van der Waals surface area contributed by atoms with Crippen LogP contribution in [0.2, 0.25) is 0 Å². The van der Waals surface area contributed by atoms with Gasteiger partial charge >= 0.3 is 0 Å². The molecule has 4 saturated carbocycles. The minimum absolute atomic E-state index is 0.562.